The summed E-state index contributed by atoms with van der Waals surface area (Å²) in [7, 11) is 8.78. The monoisotopic (exact) mass is 573 g/mol. The van der Waals surface area contributed by atoms with Crippen LogP contribution in [0.25, 0.3) is 10.9 Å². The number of aromatic nitrogens is 2. The lowest BCUT2D eigenvalue weighted by molar-refractivity contribution is -0.0137. The fourth-order valence-corrected chi connectivity index (χ4v) is 5.02. The number of rotatable bonds is 11. The molecule has 1 N–H and O–H groups in total. The van der Waals surface area contributed by atoms with E-state index >= 15 is 0 Å². The van der Waals surface area contributed by atoms with E-state index in [0.29, 0.717) is 36.2 Å². The highest BCUT2D eigenvalue weighted by Crippen LogP contribution is 2.48. The lowest BCUT2D eigenvalue weighted by atomic mass is 9.71. The Balaban J connectivity index is 2.31. The number of pyridine rings is 2. The summed E-state index contributed by atoms with van der Waals surface area (Å²) in [6.07, 6.45) is 2.09. The summed E-state index contributed by atoms with van der Waals surface area (Å²) in [5, 5.41) is 13.7. The molecule has 2 atom stereocenters. The van der Waals surface area contributed by atoms with E-state index in [0.717, 1.165) is 33.8 Å². The minimum absolute atomic E-state index is 0.0644. The van der Waals surface area contributed by atoms with Crippen LogP contribution in [0.1, 0.15) is 57.1 Å². The number of hydrogen-bond donors (Lipinski definition) is 1. The molecule has 7 nitrogen and oxygen atoms in total. The molecule has 0 aliphatic rings. The zero-order valence-electron chi connectivity index (χ0n) is 23.3. The Labute approximate surface area is 229 Å². The van der Waals surface area contributed by atoms with E-state index in [9.17, 15) is 5.11 Å². The van der Waals surface area contributed by atoms with Gasteiger partial charge in [0, 0.05) is 40.0 Å². The Bertz CT molecular complexity index is 1190. The van der Waals surface area contributed by atoms with Gasteiger partial charge in [-0.05, 0) is 68.6 Å². The first kappa shape index (κ1) is 29.1. The maximum Gasteiger partial charge on any atom is 0.217 e. The van der Waals surface area contributed by atoms with Crippen molar-refractivity contribution < 1.29 is 19.3 Å². The molecule has 0 aliphatic carbocycles. The molecule has 0 bridgehead atoms. The molecular weight excluding hydrogens is 534 g/mol. The van der Waals surface area contributed by atoms with E-state index in [-0.39, 0.29) is 11.3 Å². The van der Waals surface area contributed by atoms with Gasteiger partial charge in [0.25, 0.3) is 0 Å². The molecule has 3 aromatic rings. The maximum absolute atomic E-state index is 12.8. The molecule has 0 saturated carbocycles. The molecule has 0 amide bonds. The van der Waals surface area contributed by atoms with Crippen molar-refractivity contribution in [1.82, 2.24) is 14.9 Å². The molecule has 2 aromatic heterocycles. The van der Waals surface area contributed by atoms with Gasteiger partial charge in [-0.15, -0.1) is 0 Å². The summed E-state index contributed by atoms with van der Waals surface area (Å²) in [5.74, 6) is 0.971. The first-order valence-corrected chi connectivity index (χ1v) is 13.3. The molecule has 202 valence electrons. The SMILES string of the molecule is COc1cc(C(O)(CCN(C)C)C(CCC(C)(C)C)c2cc3cc(Br)ccc3nc2OC)cc(OC)n1. The summed E-state index contributed by atoms with van der Waals surface area (Å²) in [4.78, 5) is 11.3. The Morgan fingerprint density at radius 1 is 0.919 bits per heavy atom. The molecule has 0 fully saturated rings. The number of halogens is 1. The van der Waals surface area contributed by atoms with E-state index in [1.807, 2.05) is 32.3 Å². The number of hydrogen-bond acceptors (Lipinski definition) is 7. The van der Waals surface area contributed by atoms with Crippen LogP contribution < -0.4 is 14.2 Å². The van der Waals surface area contributed by atoms with Crippen molar-refractivity contribution in [3.05, 3.63) is 52.0 Å². The zero-order valence-corrected chi connectivity index (χ0v) is 24.8. The lowest BCUT2D eigenvalue weighted by Gasteiger charge is -2.39. The molecule has 1 aromatic carbocycles. The maximum atomic E-state index is 12.8. The first-order valence-electron chi connectivity index (χ1n) is 12.5. The van der Waals surface area contributed by atoms with Crippen LogP contribution in [0.4, 0.5) is 0 Å². The fraction of sp³-hybridized carbons (Fsp3) is 0.517. The molecular formula is C29H40BrN3O4. The van der Waals surface area contributed by atoms with E-state index in [4.69, 9.17) is 19.2 Å². The van der Waals surface area contributed by atoms with Gasteiger partial charge in [0.05, 0.1) is 32.4 Å². The Morgan fingerprint density at radius 3 is 2.11 bits per heavy atom. The first-order chi connectivity index (χ1) is 17.4. The fourth-order valence-electron chi connectivity index (χ4n) is 4.64. The van der Waals surface area contributed by atoms with Crippen molar-refractivity contribution in [1.29, 1.82) is 0 Å². The number of aliphatic hydroxyl groups is 1. The summed E-state index contributed by atoms with van der Waals surface area (Å²) in [6, 6.07) is 11.7. The molecule has 0 saturated heterocycles. The third kappa shape index (κ3) is 7.12. The number of nitrogens with zero attached hydrogens (tertiary/aromatic N) is 3. The Hall–Kier alpha value is -2.42. The van der Waals surface area contributed by atoms with Gasteiger partial charge in [-0.2, -0.15) is 4.98 Å². The molecule has 2 unspecified atom stereocenters. The van der Waals surface area contributed by atoms with Crippen LogP contribution in [0.15, 0.2) is 40.9 Å². The predicted molar refractivity (Wildman–Crippen MR) is 152 cm³/mol. The van der Waals surface area contributed by atoms with Crippen molar-refractivity contribution in [2.24, 2.45) is 5.41 Å². The minimum Gasteiger partial charge on any atom is -0.481 e. The zero-order chi connectivity index (χ0) is 27.4. The molecule has 0 aliphatic heterocycles. The van der Waals surface area contributed by atoms with Gasteiger partial charge in [0.2, 0.25) is 17.6 Å². The van der Waals surface area contributed by atoms with Crippen molar-refractivity contribution >= 4 is 26.8 Å². The highest BCUT2D eigenvalue weighted by atomic mass is 79.9. The third-order valence-corrected chi connectivity index (χ3v) is 7.23. The van der Waals surface area contributed by atoms with E-state index in [2.05, 4.69) is 52.7 Å². The molecule has 3 rings (SSSR count). The van der Waals surface area contributed by atoms with Crippen LogP contribution >= 0.6 is 15.9 Å². The standard InChI is InChI=1S/C29H40BrN3O4/c1-28(2,3)12-11-23(22-16-19-15-21(30)9-10-24(19)31-27(22)37-8)29(34,13-14-33(4)5)20-17-25(35-6)32-26(18-20)36-7/h9-10,15-18,23,34H,11-14H2,1-8H3. The summed E-state index contributed by atoms with van der Waals surface area (Å²) >= 11 is 3.59. The van der Waals surface area contributed by atoms with Crippen LogP contribution in [0.3, 0.4) is 0 Å². The molecule has 37 heavy (non-hydrogen) atoms. The van der Waals surface area contributed by atoms with Crippen LogP contribution in [0, 0.1) is 5.41 Å². The normalized spacial score (nSPS) is 14.5. The van der Waals surface area contributed by atoms with Crippen molar-refractivity contribution in [3.63, 3.8) is 0 Å². The van der Waals surface area contributed by atoms with Gasteiger partial charge < -0.3 is 24.2 Å². The van der Waals surface area contributed by atoms with E-state index < -0.39 is 5.60 Å². The van der Waals surface area contributed by atoms with Gasteiger partial charge >= 0.3 is 0 Å². The molecule has 2 heterocycles. The molecule has 0 spiro atoms. The van der Waals surface area contributed by atoms with Crippen LogP contribution in [0.2, 0.25) is 0 Å². The third-order valence-electron chi connectivity index (χ3n) is 6.73. The Kier molecular flexibility index (Phi) is 9.42. The number of benzene rings is 1. The second-order valence-corrected chi connectivity index (χ2v) is 11.9. The highest BCUT2D eigenvalue weighted by Gasteiger charge is 2.42. The summed E-state index contributed by atoms with van der Waals surface area (Å²) in [5.41, 5.74) is 1.17. The van der Waals surface area contributed by atoms with Gasteiger partial charge in [-0.1, -0.05) is 36.7 Å². The average molecular weight is 575 g/mol. The second-order valence-electron chi connectivity index (χ2n) is 11.0. The quantitative estimate of drug-likeness (QED) is 0.294. The van der Waals surface area contributed by atoms with Gasteiger partial charge in [-0.25, -0.2) is 4.98 Å². The van der Waals surface area contributed by atoms with Crippen molar-refractivity contribution in [2.75, 3.05) is 42.0 Å². The average Bonchev–Trinajstić information content (AvgIpc) is 2.85. The van der Waals surface area contributed by atoms with Gasteiger partial charge in [0.1, 0.15) is 0 Å². The summed E-state index contributed by atoms with van der Waals surface area (Å²) < 4.78 is 17.8. The van der Waals surface area contributed by atoms with E-state index in [1.165, 1.54) is 0 Å². The molecule has 0 radical (unpaired) electrons. The highest BCUT2D eigenvalue weighted by molar-refractivity contribution is 9.10. The van der Waals surface area contributed by atoms with E-state index in [1.54, 1.807) is 33.5 Å². The number of ether oxygens (including phenoxy) is 3. The summed E-state index contributed by atoms with van der Waals surface area (Å²) in [6.45, 7) is 7.32. The second kappa shape index (κ2) is 12.0. The van der Waals surface area contributed by atoms with Gasteiger partial charge in [0.15, 0.2) is 0 Å². The van der Waals surface area contributed by atoms with Crippen LogP contribution in [-0.2, 0) is 5.60 Å². The van der Waals surface area contributed by atoms with Gasteiger partial charge in [-0.3, -0.25) is 0 Å². The topological polar surface area (TPSA) is 76.9 Å². The largest absolute Gasteiger partial charge is 0.481 e. The van der Waals surface area contributed by atoms with Crippen LogP contribution in [-0.4, -0.2) is 61.9 Å². The Morgan fingerprint density at radius 2 is 1.57 bits per heavy atom. The van der Waals surface area contributed by atoms with Crippen molar-refractivity contribution in [2.45, 2.75) is 51.6 Å². The van der Waals surface area contributed by atoms with Crippen LogP contribution in [0.5, 0.6) is 17.6 Å². The molecule has 8 heteroatoms. The minimum atomic E-state index is -1.28. The lowest BCUT2D eigenvalue weighted by Crippen LogP contribution is -2.38. The smallest absolute Gasteiger partial charge is 0.217 e. The number of fused-ring (bicyclic) bond motifs is 1. The van der Waals surface area contributed by atoms with Crippen molar-refractivity contribution in [3.8, 4) is 17.6 Å². The predicted octanol–water partition coefficient (Wildman–Crippen LogP) is 6.17. The number of methoxy groups -OCH3 is 3.